The molecule has 1 aromatic carbocycles. The summed E-state index contributed by atoms with van der Waals surface area (Å²) in [6.45, 7) is 0. The topological polar surface area (TPSA) is 62.2 Å². The predicted octanol–water partition coefficient (Wildman–Crippen LogP) is 3.70. The van der Waals surface area contributed by atoms with E-state index in [1.165, 1.54) is 17.4 Å². The lowest BCUT2D eigenvalue weighted by Crippen LogP contribution is -1.98. The molecule has 0 aliphatic heterocycles. The second-order valence-corrected chi connectivity index (χ2v) is 5.03. The van der Waals surface area contributed by atoms with E-state index < -0.39 is 11.8 Å². The van der Waals surface area contributed by atoms with E-state index in [9.17, 15) is 9.18 Å². The number of rotatable bonds is 5. The molecule has 0 spiro atoms. The Morgan fingerprint density at radius 2 is 2.32 bits per heavy atom. The largest absolute Gasteiger partial charge is 0.481 e. The fourth-order valence-corrected chi connectivity index (χ4v) is 2.36. The van der Waals surface area contributed by atoms with E-state index in [1.54, 1.807) is 17.5 Å². The summed E-state index contributed by atoms with van der Waals surface area (Å²) in [6, 6.07) is 4.65. The second-order valence-electron chi connectivity index (χ2n) is 3.76. The maximum absolute atomic E-state index is 13.7. The average molecular weight is 301 g/mol. The van der Waals surface area contributed by atoms with E-state index >= 15 is 0 Å². The summed E-state index contributed by atoms with van der Waals surface area (Å²) in [6.07, 6.45) is 0.375. The van der Waals surface area contributed by atoms with E-state index in [0.717, 1.165) is 0 Å². The van der Waals surface area contributed by atoms with Crippen molar-refractivity contribution < 1.29 is 14.3 Å². The monoisotopic (exact) mass is 300 g/mol. The number of benzene rings is 1. The maximum atomic E-state index is 13.7. The van der Waals surface area contributed by atoms with Gasteiger partial charge in [-0.2, -0.15) is 0 Å². The Labute approximate surface area is 117 Å². The molecule has 4 nitrogen and oxygen atoms in total. The maximum Gasteiger partial charge on any atom is 0.303 e. The summed E-state index contributed by atoms with van der Waals surface area (Å²) in [5, 5.41) is 13.7. The van der Waals surface area contributed by atoms with Gasteiger partial charge in [0.2, 0.25) is 0 Å². The van der Waals surface area contributed by atoms with E-state index in [1.807, 2.05) is 0 Å². The molecule has 2 N–H and O–H groups in total. The van der Waals surface area contributed by atoms with Gasteiger partial charge >= 0.3 is 5.97 Å². The number of aryl methyl sites for hydroxylation is 1. The molecule has 0 aliphatic carbocycles. The number of carboxylic acids is 1. The zero-order chi connectivity index (χ0) is 13.8. The minimum atomic E-state index is -0.872. The quantitative estimate of drug-likeness (QED) is 0.884. The van der Waals surface area contributed by atoms with Gasteiger partial charge in [-0.1, -0.05) is 17.7 Å². The minimum Gasteiger partial charge on any atom is -0.481 e. The van der Waals surface area contributed by atoms with Gasteiger partial charge in [-0.15, -0.1) is 11.3 Å². The number of aliphatic carboxylic acids is 1. The van der Waals surface area contributed by atoms with Gasteiger partial charge < -0.3 is 10.4 Å². The van der Waals surface area contributed by atoms with Gasteiger partial charge in [-0.3, -0.25) is 4.79 Å². The Morgan fingerprint density at radius 1 is 1.53 bits per heavy atom. The number of aromatic nitrogens is 1. The van der Waals surface area contributed by atoms with E-state index in [-0.39, 0.29) is 17.1 Å². The Bertz CT molecular complexity index is 603. The van der Waals surface area contributed by atoms with Crippen LogP contribution in [0.3, 0.4) is 0 Å². The molecule has 2 aromatic rings. The normalized spacial score (nSPS) is 10.4. The van der Waals surface area contributed by atoms with Crippen LogP contribution in [0.15, 0.2) is 23.6 Å². The van der Waals surface area contributed by atoms with Gasteiger partial charge in [0.15, 0.2) is 10.9 Å². The van der Waals surface area contributed by atoms with E-state index in [4.69, 9.17) is 16.7 Å². The molecule has 1 aromatic heterocycles. The van der Waals surface area contributed by atoms with Crippen LogP contribution in [0.4, 0.5) is 15.2 Å². The number of halogens is 2. The Balaban J connectivity index is 2.07. The smallest absolute Gasteiger partial charge is 0.303 e. The summed E-state index contributed by atoms with van der Waals surface area (Å²) < 4.78 is 13.7. The first-order chi connectivity index (χ1) is 9.06. The van der Waals surface area contributed by atoms with Crippen molar-refractivity contribution in [1.82, 2.24) is 4.98 Å². The SMILES string of the molecule is O=C(O)CCc1csc(Nc2cccc(Cl)c2F)n1. The zero-order valence-electron chi connectivity index (χ0n) is 9.69. The van der Waals surface area contributed by atoms with Crippen LogP contribution in [0.1, 0.15) is 12.1 Å². The van der Waals surface area contributed by atoms with Gasteiger partial charge in [-0.25, -0.2) is 9.37 Å². The van der Waals surface area contributed by atoms with E-state index in [2.05, 4.69) is 10.3 Å². The highest BCUT2D eigenvalue weighted by molar-refractivity contribution is 7.13. The lowest BCUT2D eigenvalue weighted by atomic mass is 10.2. The first kappa shape index (κ1) is 13.8. The van der Waals surface area contributed by atoms with Crippen LogP contribution in [0.2, 0.25) is 5.02 Å². The molecule has 0 aliphatic rings. The standard InChI is InChI=1S/C12H10ClFN2O2S/c13-8-2-1-3-9(11(8)14)16-12-15-7(6-19-12)4-5-10(17)18/h1-3,6H,4-5H2,(H,15,16)(H,17,18). The molecule has 0 radical (unpaired) electrons. The molecule has 0 atom stereocenters. The number of hydrogen-bond donors (Lipinski definition) is 2. The molecule has 0 bridgehead atoms. The van der Waals surface area contributed by atoms with Crippen LogP contribution >= 0.6 is 22.9 Å². The molecule has 0 unspecified atom stereocenters. The Kier molecular flexibility index (Phi) is 4.34. The first-order valence-electron chi connectivity index (χ1n) is 5.43. The van der Waals surface area contributed by atoms with Crippen LogP contribution in [-0.4, -0.2) is 16.1 Å². The van der Waals surface area contributed by atoms with Gasteiger partial charge in [-0.05, 0) is 12.1 Å². The molecule has 0 amide bonds. The number of nitrogens with zero attached hydrogens (tertiary/aromatic N) is 1. The van der Waals surface area contributed by atoms with Crippen molar-refractivity contribution in [2.45, 2.75) is 12.8 Å². The predicted molar refractivity (Wildman–Crippen MR) is 72.8 cm³/mol. The lowest BCUT2D eigenvalue weighted by Gasteiger charge is -2.04. The van der Waals surface area contributed by atoms with Crippen molar-refractivity contribution in [3.05, 3.63) is 40.1 Å². The highest BCUT2D eigenvalue weighted by Gasteiger charge is 2.09. The van der Waals surface area contributed by atoms with Crippen LogP contribution in [-0.2, 0) is 11.2 Å². The minimum absolute atomic E-state index is 0.0225. The zero-order valence-corrected chi connectivity index (χ0v) is 11.3. The molecule has 0 saturated heterocycles. The molecule has 2 rings (SSSR count). The number of carbonyl (C=O) groups is 1. The van der Waals surface area contributed by atoms with Crippen molar-refractivity contribution in [1.29, 1.82) is 0 Å². The molecule has 100 valence electrons. The third kappa shape index (κ3) is 3.65. The van der Waals surface area contributed by atoms with Crippen LogP contribution in [0.5, 0.6) is 0 Å². The summed E-state index contributed by atoms with van der Waals surface area (Å²) in [7, 11) is 0. The molecule has 7 heteroatoms. The average Bonchev–Trinajstić information content (AvgIpc) is 2.80. The van der Waals surface area contributed by atoms with Crippen molar-refractivity contribution in [2.75, 3.05) is 5.32 Å². The summed E-state index contributed by atoms with van der Waals surface area (Å²) in [5.41, 5.74) is 0.906. The number of hydrogen-bond acceptors (Lipinski definition) is 4. The fourth-order valence-electron chi connectivity index (χ4n) is 1.43. The number of carboxylic acid groups (broad SMARTS) is 1. The van der Waals surface area contributed by atoms with Crippen LogP contribution in [0, 0.1) is 5.82 Å². The van der Waals surface area contributed by atoms with Crippen LogP contribution in [0.25, 0.3) is 0 Å². The van der Waals surface area contributed by atoms with Gasteiger partial charge in [0.05, 0.1) is 22.8 Å². The van der Waals surface area contributed by atoms with Gasteiger partial charge in [0.1, 0.15) is 0 Å². The molecular weight excluding hydrogens is 291 g/mol. The van der Waals surface area contributed by atoms with Crippen molar-refractivity contribution in [2.24, 2.45) is 0 Å². The third-order valence-electron chi connectivity index (χ3n) is 2.34. The summed E-state index contributed by atoms with van der Waals surface area (Å²) in [5.74, 6) is -1.41. The van der Waals surface area contributed by atoms with E-state index in [0.29, 0.717) is 17.2 Å². The number of anilines is 2. The third-order valence-corrected chi connectivity index (χ3v) is 3.44. The Hall–Kier alpha value is -1.66. The highest BCUT2D eigenvalue weighted by Crippen LogP contribution is 2.27. The molecule has 0 fully saturated rings. The number of nitrogens with one attached hydrogen (secondary N) is 1. The molecule has 1 heterocycles. The lowest BCUT2D eigenvalue weighted by molar-refractivity contribution is -0.136. The van der Waals surface area contributed by atoms with Gasteiger partial charge in [0, 0.05) is 11.8 Å². The summed E-state index contributed by atoms with van der Waals surface area (Å²) >= 11 is 6.96. The summed E-state index contributed by atoms with van der Waals surface area (Å²) in [4.78, 5) is 14.6. The van der Waals surface area contributed by atoms with Crippen LogP contribution < -0.4 is 5.32 Å². The number of thiazole rings is 1. The highest BCUT2D eigenvalue weighted by atomic mass is 35.5. The Morgan fingerprint density at radius 3 is 3.05 bits per heavy atom. The first-order valence-corrected chi connectivity index (χ1v) is 6.69. The van der Waals surface area contributed by atoms with Gasteiger partial charge in [0.25, 0.3) is 0 Å². The molecule has 19 heavy (non-hydrogen) atoms. The van der Waals surface area contributed by atoms with Crippen molar-refractivity contribution in [3.63, 3.8) is 0 Å². The van der Waals surface area contributed by atoms with Crippen molar-refractivity contribution in [3.8, 4) is 0 Å². The molecular formula is C12H10ClFN2O2S. The fraction of sp³-hybridized carbons (Fsp3) is 0.167. The van der Waals surface area contributed by atoms with Crippen molar-refractivity contribution >= 4 is 39.7 Å². The second kappa shape index (κ2) is 5.99. The molecule has 0 saturated carbocycles.